The van der Waals surface area contributed by atoms with Crippen LogP contribution in [0.1, 0.15) is 44.9 Å². The molecule has 1 aliphatic carbocycles. The normalized spacial score (nSPS) is 23.3. The number of piperidine rings is 1. The maximum absolute atomic E-state index is 13.1. The Morgan fingerprint density at radius 2 is 1.72 bits per heavy atom. The minimum atomic E-state index is -0.370. The minimum absolute atomic E-state index is 0.370. The summed E-state index contributed by atoms with van der Waals surface area (Å²) in [7, 11) is 0. The van der Waals surface area contributed by atoms with Gasteiger partial charge in [-0.05, 0) is 43.2 Å². The summed E-state index contributed by atoms with van der Waals surface area (Å²) in [5, 5.41) is 0. The first-order chi connectivity index (χ1) is 8.77. The first-order valence-electron chi connectivity index (χ1n) is 7.15. The van der Waals surface area contributed by atoms with Crippen LogP contribution in [-0.2, 0) is 0 Å². The summed E-state index contributed by atoms with van der Waals surface area (Å²) in [6.45, 7) is 2.08. The van der Waals surface area contributed by atoms with E-state index >= 15 is 0 Å². The number of halogens is 1. The SMILES string of the molecule is Fc1cccc(N2CCC3(CCCCC3)CC2)n1. The maximum Gasteiger partial charge on any atom is 0.214 e. The zero-order valence-corrected chi connectivity index (χ0v) is 10.9. The standard InChI is InChI=1S/C15H21FN2/c16-13-5-4-6-14(17-13)18-11-9-15(10-12-18)7-2-1-3-8-15/h4-6H,1-3,7-12H2. The van der Waals surface area contributed by atoms with Gasteiger partial charge in [0.1, 0.15) is 5.82 Å². The molecule has 1 aromatic heterocycles. The van der Waals surface area contributed by atoms with Crippen molar-refractivity contribution in [1.82, 2.24) is 4.98 Å². The van der Waals surface area contributed by atoms with E-state index < -0.39 is 0 Å². The van der Waals surface area contributed by atoms with Crippen molar-refractivity contribution in [3.63, 3.8) is 0 Å². The van der Waals surface area contributed by atoms with Crippen LogP contribution < -0.4 is 4.90 Å². The molecule has 0 unspecified atom stereocenters. The molecule has 1 saturated heterocycles. The highest BCUT2D eigenvalue weighted by molar-refractivity contribution is 5.38. The molecule has 1 saturated carbocycles. The molecule has 3 heteroatoms. The molecule has 2 heterocycles. The van der Waals surface area contributed by atoms with Crippen LogP contribution in [0.4, 0.5) is 10.2 Å². The van der Waals surface area contributed by atoms with Crippen LogP contribution in [0.3, 0.4) is 0 Å². The van der Waals surface area contributed by atoms with Gasteiger partial charge >= 0.3 is 0 Å². The summed E-state index contributed by atoms with van der Waals surface area (Å²) in [6.07, 6.45) is 9.53. The van der Waals surface area contributed by atoms with Gasteiger partial charge in [0.15, 0.2) is 0 Å². The molecule has 0 radical (unpaired) electrons. The smallest absolute Gasteiger partial charge is 0.214 e. The van der Waals surface area contributed by atoms with Crippen molar-refractivity contribution >= 4 is 5.82 Å². The third kappa shape index (κ3) is 2.36. The lowest BCUT2D eigenvalue weighted by Gasteiger charge is -2.44. The molecule has 2 fully saturated rings. The number of aromatic nitrogens is 1. The highest BCUT2D eigenvalue weighted by Gasteiger charge is 2.35. The monoisotopic (exact) mass is 248 g/mol. The first kappa shape index (κ1) is 11.9. The Morgan fingerprint density at radius 3 is 2.39 bits per heavy atom. The molecular weight excluding hydrogens is 227 g/mol. The Kier molecular flexibility index (Phi) is 3.23. The number of nitrogens with zero attached hydrogens (tertiary/aromatic N) is 2. The molecule has 0 bridgehead atoms. The fourth-order valence-electron chi connectivity index (χ4n) is 3.59. The quantitative estimate of drug-likeness (QED) is 0.703. The lowest BCUT2D eigenvalue weighted by atomic mass is 9.68. The number of anilines is 1. The Balaban J connectivity index is 1.66. The Hall–Kier alpha value is -1.12. The molecular formula is C15H21FN2. The molecule has 2 nitrogen and oxygen atoms in total. The van der Waals surface area contributed by atoms with E-state index in [9.17, 15) is 4.39 Å². The van der Waals surface area contributed by atoms with Gasteiger partial charge < -0.3 is 4.90 Å². The van der Waals surface area contributed by atoms with Gasteiger partial charge in [0.25, 0.3) is 0 Å². The molecule has 98 valence electrons. The van der Waals surface area contributed by atoms with Gasteiger partial charge in [-0.15, -0.1) is 0 Å². The molecule has 1 spiro atoms. The zero-order chi connectivity index (χ0) is 12.4. The predicted octanol–water partition coefficient (Wildman–Crippen LogP) is 3.77. The Labute approximate surface area is 108 Å². The molecule has 0 N–H and O–H groups in total. The van der Waals surface area contributed by atoms with Gasteiger partial charge in [0.2, 0.25) is 5.95 Å². The molecule has 1 aliphatic heterocycles. The van der Waals surface area contributed by atoms with Gasteiger partial charge in [-0.25, -0.2) is 4.98 Å². The van der Waals surface area contributed by atoms with E-state index in [0.717, 1.165) is 18.9 Å². The predicted molar refractivity (Wildman–Crippen MR) is 71.2 cm³/mol. The average molecular weight is 248 g/mol. The molecule has 1 aromatic rings. The number of rotatable bonds is 1. The zero-order valence-electron chi connectivity index (χ0n) is 10.9. The largest absolute Gasteiger partial charge is 0.356 e. The molecule has 18 heavy (non-hydrogen) atoms. The second-order valence-electron chi connectivity index (χ2n) is 5.87. The summed E-state index contributed by atoms with van der Waals surface area (Å²) < 4.78 is 13.1. The van der Waals surface area contributed by atoms with Gasteiger partial charge in [-0.3, -0.25) is 0 Å². The summed E-state index contributed by atoms with van der Waals surface area (Å²) >= 11 is 0. The van der Waals surface area contributed by atoms with Crippen molar-refractivity contribution in [1.29, 1.82) is 0 Å². The van der Waals surface area contributed by atoms with Crippen LogP contribution in [0.25, 0.3) is 0 Å². The number of pyridine rings is 1. The van der Waals surface area contributed by atoms with E-state index in [0.29, 0.717) is 5.41 Å². The maximum atomic E-state index is 13.1. The van der Waals surface area contributed by atoms with E-state index in [1.165, 1.54) is 51.0 Å². The van der Waals surface area contributed by atoms with Gasteiger partial charge in [0, 0.05) is 13.1 Å². The Morgan fingerprint density at radius 1 is 1.00 bits per heavy atom. The number of hydrogen-bond acceptors (Lipinski definition) is 2. The Bertz CT molecular complexity index is 403. The first-order valence-corrected chi connectivity index (χ1v) is 7.15. The summed E-state index contributed by atoms with van der Waals surface area (Å²) in [5.41, 5.74) is 0.599. The minimum Gasteiger partial charge on any atom is -0.356 e. The van der Waals surface area contributed by atoms with Crippen molar-refractivity contribution in [3.05, 3.63) is 24.1 Å². The van der Waals surface area contributed by atoms with E-state index in [1.54, 1.807) is 6.07 Å². The third-order valence-corrected chi connectivity index (χ3v) is 4.76. The van der Waals surface area contributed by atoms with E-state index in [1.807, 2.05) is 6.07 Å². The van der Waals surface area contributed by atoms with Gasteiger partial charge in [-0.1, -0.05) is 25.3 Å². The van der Waals surface area contributed by atoms with Crippen LogP contribution in [0, 0.1) is 11.4 Å². The molecule has 0 amide bonds. The lowest BCUT2D eigenvalue weighted by Crippen LogP contribution is -2.41. The van der Waals surface area contributed by atoms with Crippen molar-refractivity contribution in [3.8, 4) is 0 Å². The van der Waals surface area contributed by atoms with Crippen LogP contribution in [-0.4, -0.2) is 18.1 Å². The van der Waals surface area contributed by atoms with Gasteiger partial charge in [-0.2, -0.15) is 4.39 Å². The van der Waals surface area contributed by atoms with E-state index in [4.69, 9.17) is 0 Å². The fraction of sp³-hybridized carbons (Fsp3) is 0.667. The van der Waals surface area contributed by atoms with Gasteiger partial charge in [0.05, 0.1) is 0 Å². The molecule has 2 aliphatic rings. The third-order valence-electron chi connectivity index (χ3n) is 4.76. The summed E-state index contributed by atoms with van der Waals surface area (Å²) in [5.74, 6) is 0.436. The average Bonchev–Trinajstić information content (AvgIpc) is 2.40. The lowest BCUT2D eigenvalue weighted by molar-refractivity contribution is 0.144. The summed E-state index contributed by atoms with van der Waals surface area (Å²) in [4.78, 5) is 6.23. The fourth-order valence-corrected chi connectivity index (χ4v) is 3.59. The topological polar surface area (TPSA) is 16.1 Å². The van der Waals surface area contributed by atoms with Crippen molar-refractivity contribution in [2.75, 3.05) is 18.0 Å². The number of hydrogen-bond donors (Lipinski definition) is 0. The van der Waals surface area contributed by atoms with E-state index in [2.05, 4.69) is 9.88 Å². The molecule has 0 atom stereocenters. The van der Waals surface area contributed by atoms with Crippen molar-refractivity contribution in [2.45, 2.75) is 44.9 Å². The highest BCUT2D eigenvalue weighted by Crippen LogP contribution is 2.44. The highest BCUT2D eigenvalue weighted by atomic mass is 19.1. The molecule has 0 aromatic carbocycles. The van der Waals surface area contributed by atoms with Crippen molar-refractivity contribution in [2.24, 2.45) is 5.41 Å². The van der Waals surface area contributed by atoms with Crippen molar-refractivity contribution < 1.29 is 4.39 Å². The van der Waals surface area contributed by atoms with E-state index in [-0.39, 0.29) is 5.95 Å². The second-order valence-corrected chi connectivity index (χ2v) is 5.87. The van der Waals surface area contributed by atoms with Crippen LogP contribution in [0.5, 0.6) is 0 Å². The summed E-state index contributed by atoms with van der Waals surface area (Å²) in [6, 6.07) is 5.08. The van der Waals surface area contributed by atoms with Crippen LogP contribution >= 0.6 is 0 Å². The van der Waals surface area contributed by atoms with Crippen LogP contribution in [0.15, 0.2) is 18.2 Å². The second kappa shape index (κ2) is 4.87. The molecule has 3 rings (SSSR count). The van der Waals surface area contributed by atoms with Crippen LogP contribution in [0.2, 0.25) is 0 Å².